The molecular formula is C78H84BN3O. The average Bonchev–Trinajstić information content (AvgIpc) is 1.80. The molecule has 0 N–H and O–H groups in total. The number of hydrogen-bond donors (Lipinski definition) is 0. The molecule has 14 rings (SSSR count). The van der Waals surface area contributed by atoms with E-state index in [0.717, 1.165) is 60.4 Å². The lowest BCUT2D eigenvalue weighted by molar-refractivity contribution is 0.332. The predicted octanol–water partition coefficient (Wildman–Crippen LogP) is 20.0. The third-order valence-corrected chi connectivity index (χ3v) is 21.2. The average molecular weight is 1090 g/mol. The van der Waals surface area contributed by atoms with Crippen molar-refractivity contribution in [3.8, 4) is 11.1 Å². The van der Waals surface area contributed by atoms with Crippen molar-refractivity contribution in [2.75, 3.05) is 14.7 Å². The lowest BCUT2D eigenvalue weighted by Crippen LogP contribution is -2.61. The van der Waals surface area contributed by atoms with E-state index in [2.05, 4.69) is 282 Å². The number of fused-ring (bicyclic) bond motifs is 9. The van der Waals surface area contributed by atoms with Crippen LogP contribution >= 0.6 is 0 Å². The van der Waals surface area contributed by atoms with Crippen molar-refractivity contribution in [1.29, 1.82) is 0 Å². The first-order valence-corrected chi connectivity index (χ1v) is 31.1. The molecule has 4 nitrogen and oxygen atoms in total. The van der Waals surface area contributed by atoms with Gasteiger partial charge in [0, 0.05) is 50.9 Å². The fourth-order valence-corrected chi connectivity index (χ4v) is 15.5. The molecule has 420 valence electrons. The van der Waals surface area contributed by atoms with Crippen LogP contribution < -0.4 is 31.3 Å². The van der Waals surface area contributed by atoms with Crippen molar-refractivity contribution >= 4 is 85.5 Å². The van der Waals surface area contributed by atoms with Gasteiger partial charge in [-0.3, -0.25) is 0 Å². The molecule has 0 amide bonds. The van der Waals surface area contributed by atoms with Crippen LogP contribution in [0.1, 0.15) is 181 Å². The first-order valence-electron chi connectivity index (χ1n) is 31.1. The summed E-state index contributed by atoms with van der Waals surface area (Å²) < 4.78 is 7.82. The van der Waals surface area contributed by atoms with Gasteiger partial charge in [-0.2, -0.15) is 0 Å². The van der Waals surface area contributed by atoms with Gasteiger partial charge < -0.3 is 19.1 Å². The Labute approximate surface area is 496 Å². The summed E-state index contributed by atoms with van der Waals surface area (Å²) in [7, 11) is 0. The molecule has 3 aliphatic carbocycles. The summed E-state index contributed by atoms with van der Waals surface area (Å²) in [6, 6.07) is 63.3. The minimum absolute atomic E-state index is 0.00360. The first kappa shape index (κ1) is 53.8. The largest absolute Gasteiger partial charge is 0.468 e. The number of nitrogens with zero attached hydrogens (tertiary/aromatic N) is 3. The number of hydrogen-bond acceptors (Lipinski definition) is 4. The maximum Gasteiger partial charge on any atom is 0.297 e. The molecule has 0 radical (unpaired) electrons. The smallest absolute Gasteiger partial charge is 0.297 e. The van der Waals surface area contributed by atoms with Crippen LogP contribution in [0.25, 0.3) is 22.1 Å². The van der Waals surface area contributed by atoms with E-state index >= 15 is 0 Å². The van der Waals surface area contributed by atoms with Gasteiger partial charge in [-0.25, -0.2) is 0 Å². The SMILES string of the molecule is CC(C)(C)c1cc2c3c(c1)N(c1ccc4c(c1)C(C)(C)CCC4(C)C)c1c(oc4cc5c(cc14)C(C)(C)CCC5(C)C)B3c1ccc(N(c3ccccc3)c3ccc(-c4ccccc4)cc3)cc1N2c1ccc2c(c1)C(C)(C)CCC2(C)C. The van der Waals surface area contributed by atoms with Crippen LogP contribution in [0.5, 0.6) is 0 Å². The Balaban J connectivity index is 1.09. The van der Waals surface area contributed by atoms with Crippen LogP contribution in [-0.2, 0) is 37.9 Å². The van der Waals surface area contributed by atoms with Crippen molar-refractivity contribution in [3.63, 3.8) is 0 Å². The topological polar surface area (TPSA) is 22.9 Å². The van der Waals surface area contributed by atoms with Gasteiger partial charge >= 0.3 is 0 Å². The molecule has 0 saturated carbocycles. The lowest BCUT2D eigenvalue weighted by Gasteiger charge is -2.46. The molecule has 0 unspecified atom stereocenters. The Morgan fingerprint density at radius 3 is 1.40 bits per heavy atom. The van der Waals surface area contributed by atoms with Crippen LogP contribution in [0.2, 0.25) is 0 Å². The maximum absolute atomic E-state index is 7.82. The molecule has 0 fully saturated rings. The van der Waals surface area contributed by atoms with E-state index in [1.54, 1.807) is 0 Å². The number of rotatable bonds is 6. The molecule has 83 heavy (non-hydrogen) atoms. The van der Waals surface area contributed by atoms with Gasteiger partial charge in [-0.15, -0.1) is 0 Å². The Morgan fingerprint density at radius 2 is 0.855 bits per heavy atom. The highest BCUT2D eigenvalue weighted by molar-refractivity contribution is 7.00. The zero-order chi connectivity index (χ0) is 58.1. The van der Waals surface area contributed by atoms with E-state index in [4.69, 9.17) is 4.42 Å². The highest BCUT2D eigenvalue weighted by Gasteiger charge is 2.50. The zero-order valence-corrected chi connectivity index (χ0v) is 52.2. The Kier molecular flexibility index (Phi) is 11.7. The third kappa shape index (κ3) is 8.42. The normalized spacial score (nSPS) is 19.0. The van der Waals surface area contributed by atoms with Crippen molar-refractivity contribution in [2.45, 2.75) is 180 Å². The molecule has 2 aliphatic heterocycles. The molecule has 0 atom stereocenters. The van der Waals surface area contributed by atoms with Crippen LogP contribution in [0.4, 0.5) is 51.2 Å². The monoisotopic (exact) mass is 1090 g/mol. The highest BCUT2D eigenvalue weighted by Crippen LogP contribution is 2.56. The maximum atomic E-state index is 7.82. The van der Waals surface area contributed by atoms with Gasteiger partial charge in [-0.1, -0.05) is 183 Å². The Hall–Kier alpha value is -7.24. The van der Waals surface area contributed by atoms with Crippen LogP contribution in [0.15, 0.2) is 168 Å². The lowest BCUT2D eigenvalue weighted by atomic mass is 9.35. The summed E-state index contributed by atoms with van der Waals surface area (Å²) in [5.41, 5.74) is 27.5. The summed E-state index contributed by atoms with van der Waals surface area (Å²) in [4.78, 5) is 7.78. The van der Waals surface area contributed by atoms with Gasteiger partial charge in [0.15, 0.2) is 0 Å². The van der Waals surface area contributed by atoms with Gasteiger partial charge in [0.2, 0.25) is 0 Å². The summed E-state index contributed by atoms with van der Waals surface area (Å²) in [5.74, 6) is 0. The van der Waals surface area contributed by atoms with Crippen LogP contribution in [0, 0.1) is 0 Å². The second-order valence-electron chi connectivity index (χ2n) is 30.6. The molecule has 0 saturated heterocycles. The molecule has 5 aliphatic rings. The second-order valence-corrected chi connectivity index (χ2v) is 30.6. The highest BCUT2D eigenvalue weighted by atomic mass is 16.3. The summed E-state index contributed by atoms with van der Waals surface area (Å²) in [6.07, 6.45) is 6.90. The fraction of sp³-hybridized carbons (Fsp3) is 0.359. The molecule has 8 aromatic carbocycles. The van der Waals surface area contributed by atoms with E-state index in [1.165, 1.54) is 107 Å². The molecule has 0 spiro atoms. The molecule has 0 bridgehead atoms. The van der Waals surface area contributed by atoms with E-state index in [9.17, 15) is 0 Å². The van der Waals surface area contributed by atoms with Crippen molar-refractivity contribution < 1.29 is 4.42 Å². The summed E-state index contributed by atoms with van der Waals surface area (Å²) in [5, 5.41) is 1.20. The molecule has 3 heterocycles. The number of anilines is 9. The van der Waals surface area contributed by atoms with Crippen LogP contribution in [-0.4, -0.2) is 6.71 Å². The van der Waals surface area contributed by atoms with Gasteiger partial charge in [-0.05, 0) is 222 Å². The van der Waals surface area contributed by atoms with E-state index in [1.807, 2.05) is 0 Å². The summed E-state index contributed by atoms with van der Waals surface area (Å²) in [6.45, 7) is 36.5. The number of furan rings is 1. The minimum atomic E-state index is -0.206. The fourth-order valence-electron chi connectivity index (χ4n) is 15.5. The number of benzene rings is 8. The second kappa shape index (κ2) is 18.1. The minimum Gasteiger partial charge on any atom is -0.468 e. The molecular weight excluding hydrogens is 1010 g/mol. The Morgan fingerprint density at radius 1 is 0.410 bits per heavy atom. The Bertz CT molecular complexity index is 4090. The van der Waals surface area contributed by atoms with Crippen molar-refractivity contribution in [2.24, 2.45) is 0 Å². The van der Waals surface area contributed by atoms with Crippen molar-refractivity contribution in [3.05, 3.63) is 203 Å². The van der Waals surface area contributed by atoms with Gasteiger partial charge in [0.25, 0.3) is 6.71 Å². The van der Waals surface area contributed by atoms with E-state index in [0.29, 0.717) is 0 Å². The number of para-hydroxylation sites is 1. The first-order chi connectivity index (χ1) is 39.2. The van der Waals surface area contributed by atoms with Crippen LogP contribution in [0.3, 0.4) is 0 Å². The summed E-state index contributed by atoms with van der Waals surface area (Å²) >= 11 is 0. The van der Waals surface area contributed by atoms with Gasteiger partial charge in [0.05, 0.1) is 11.3 Å². The van der Waals surface area contributed by atoms with Gasteiger partial charge in [0.1, 0.15) is 5.58 Å². The standard InChI is InChI=1S/C78H84BN3O/c1-72(2,3)51-42-66-69-67(43-51)82(55-31-34-59-61(45-55)76(10,11)39-37-74(59,6)7)70-57-47-62-63(78(14,15)41-40-77(62,12)13)48-68(57)83-71(70)79(69)64-35-32-56(46-65(64)81(66)54-30-33-58-60(44-54)75(8,9)38-36-73(58,4)5)80(52-24-20-17-21-25-52)53-28-26-50(27-29-53)49-22-18-16-19-23-49/h16-35,42-48H,36-41H2,1-15H3. The zero-order valence-electron chi connectivity index (χ0n) is 52.2. The molecule has 1 aromatic heterocycles. The molecule has 5 heteroatoms. The van der Waals surface area contributed by atoms with E-state index < -0.39 is 0 Å². The predicted molar refractivity (Wildman–Crippen MR) is 355 cm³/mol. The molecule has 9 aromatic rings. The van der Waals surface area contributed by atoms with E-state index in [-0.39, 0.29) is 44.6 Å². The van der Waals surface area contributed by atoms with Crippen molar-refractivity contribution in [1.82, 2.24) is 0 Å². The third-order valence-electron chi connectivity index (χ3n) is 21.2. The quantitative estimate of drug-likeness (QED) is 0.155.